The summed E-state index contributed by atoms with van der Waals surface area (Å²) in [6.45, 7) is 4.16. The van der Waals surface area contributed by atoms with Crippen LogP contribution in [0.1, 0.15) is 25.3 Å². The number of nitrogens with one attached hydrogen (secondary N) is 2. The fourth-order valence-corrected chi connectivity index (χ4v) is 5.72. The van der Waals surface area contributed by atoms with Crippen LogP contribution >= 0.6 is 7.75 Å². The first-order valence-corrected chi connectivity index (χ1v) is 14.8. The molecule has 1 aliphatic heterocycles. The maximum absolute atomic E-state index is 14.2. The first kappa shape index (κ1) is 33.2. The molecule has 0 aliphatic carbocycles. The summed E-state index contributed by atoms with van der Waals surface area (Å²) in [5.74, 6) is -0.789. The molecule has 3 rings (SSSR count). The number of methoxy groups -OCH3 is 1. The van der Waals surface area contributed by atoms with Crippen molar-refractivity contribution >= 4 is 19.6 Å². The van der Waals surface area contributed by atoms with Gasteiger partial charge in [0.2, 0.25) is 5.91 Å². The van der Waals surface area contributed by atoms with Gasteiger partial charge >= 0.3 is 13.7 Å². The van der Waals surface area contributed by atoms with Crippen LogP contribution < -0.4 is 19.7 Å². The molecule has 42 heavy (non-hydrogen) atoms. The summed E-state index contributed by atoms with van der Waals surface area (Å²) in [4.78, 5) is 25.3. The molecule has 0 spiro atoms. The summed E-state index contributed by atoms with van der Waals surface area (Å²) in [6, 6.07) is 12.2. The van der Waals surface area contributed by atoms with Gasteiger partial charge in [-0.25, -0.2) is 4.57 Å². The molecule has 1 fully saturated rings. The molecule has 230 valence electrons. The van der Waals surface area contributed by atoms with Crippen LogP contribution in [0.15, 0.2) is 67.3 Å². The van der Waals surface area contributed by atoms with Gasteiger partial charge in [-0.3, -0.25) is 14.1 Å². The van der Waals surface area contributed by atoms with Crippen molar-refractivity contribution in [3.8, 4) is 11.5 Å². The first-order chi connectivity index (χ1) is 20.1. The van der Waals surface area contributed by atoms with E-state index in [9.17, 15) is 29.5 Å². The minimum atomic E-state index is -4.61. The molecule has 1 heterocycles. The highest BCUT2D eigenvalue weighted by molar-refractivity contribution is 7.52. The van der Waals surface area contributed by atoms with E-state index in [4.69, 9.17) is 23.3 Å². The number of hydrogen-bond donors (Lipinski definition) is 5. The lowest BCUT2D eigenvalue weighted by Crippen LogP contribution is -2.65. The van der Waals surface area contributed by atoms with Crippen LogP contribution in [-0.2, 0) is 34.8 Å². The molecule has 1 amide bonds. The van der Waals surface area contributed by atoms with E-state index in [1.54, 1.807) is 24.3 Å². The Morgan fingerprint density at radius 1 is 1.12 bits per heavy atom. The van der Waals surface area contributed by atoms with Crippen molar-refractivity contribution in [2.75, 3.05) is 13.7 Å². The van der Waals surface area contributed by atoms with Crippen molar-refractivity contribution in [2.24, 2.45) is 0 Å². The van der Waals surface area contributed by atoms with Gasteiger partial charge in [-0.1, -0.05) is 36.4 Å². The number of carbonyl (C=O) groups is 2. The molecular formula is C28H37N2O11P. The summed E-state index contributed by atoms with van der Waals surface area (Å²) >= 11 is 0. The highest BCUT2D eigenvalue weighted by atomic mass is 31.2. The van der Waals surface area contributed by atoms with E-state index in [0.717, 1.165) is 5.56 Å². The Hall–Kier alpha value is -3.29. The van der Waals surface area contributed by atoms with E-state index < -0.39 is 62.9 Å². The number of hydrogen-bond acceptors (Lipinski definition) is 11. The minimum absolute atomic E-state index is 0.00150. The molecule has 13 nitrogen and oxygen atoms in total. The maximum Gasteiger partial charge on any atom is 0.459 e. The zero-order valence-electron chi connectivity index (χ0n) is 23.3. The molecule has 1 saturated heterocycles. The number of aliphatic hydroxyl groups excluding tert-OH is 3. The number of amides is 1. The summed E-state index contributed by atoms with van der Waals surface area (Å²) in [7, 11) is -3.14. The Labute approximate surface area is 244 Å². The molecule has 1 aliphatic rings. The van der Waals surface area contributed by atoms with Crippen molar-refractivity contribution in [3.05, 3.63) is 72.8 Å². The normalized spacial score (nSPS) is 24.1. The highest BCUT2D eigenvalue weighted by Crippen LogP contribution is 2.48. The van der Waals surface area contributed by atoms with Crippen molar-refractivity contribution < 1.29 is 52.7 Å². The molecule has 0 radical (unpaired) electrons. The third-order valence-corrected chi connectivity index (χ3v) is 7.93. The summed E-state index contributed by atoms with van der Waals surface area (Å²) in [5.41, 5.74) is 0.733. The molecule has 2 aromatic carbocycles. The lowest BCUT2D eigenvalue weighted by atomic mass is 9.97. The van der Waals surface area contributed by atoms with Gasteiger partial charge in [-0.2, -0.15) is 5.09 Å². The lowest BCUT2D eigenvalue weighted by molar-refractivity contribution is -0.250. The third kappa shape index (κ3) is 9.36. The maximum atomic E-state index is 14.2. The Balaban J connectivity index is 1.87. The van der Waals surface area contributed by atoms with Crippen molar-refractivity contribution in [3.63, 3.8) is 0 Å². The zero-order chi connectivity index (χ0) is 30.7. The lowest BCUT2D eigenvalue weighted by Gasteiger charge is -2.43. The minimum Gasteiger partial charge on any atom is -0.497 e. The van der Waals surface area contributed by atoms with Crippen LogP contribution in [0, 0.1) is 0 Å². The van der Waals surface area contributed by atoms with Crippen LogP contribution in [0.2, 0.25) is 0 Å². The summed E-state index contributed by atoms with van der Waals surface area (Å²) < 4.78 is 41.4. The van der Waals surface area contributed by atoms with Gasteiger partial charge in [0, 0.05) is 6.42 Å². The van der Waals surface area contributed by atoms with E-state index in [1.807, 2.05) is 6.07 Å². The highest BCUT2D eigenvalue weighted by Gasteiger charge is 2.50. The topological polar surface area (TPSA) is 182 Å². The van der Waals surface area contributed by atoms with Gasteiger partial charge in [-0.05, 0) is 43.2 Å². The molecule has 0 bridgehead atoms. The van der Waals surface area contributed by atoms with Gasteiger partial charge < -0.3 is 39.4 Å². The quantitative estimate of drug-likeness (QED) is 0.113. The SMILES string of the molecule is C=CCCC(=O)N[C@@H]1[C@@H](OP(=O)(NC(C)C(=O)OCc2ccccc2)Oc2ccc(OC)cc2)[C@H](O)[C@@H](CO)O[C@@H]1O. The van der Waals surface area contributed by atoms with Gasteiger partial charge in [0.05, 0.1) is 13.7 Å². The number of carbonyl (C=O) groups excluding carboxylic acids is 2. The molecular weight excluding hydrogens is 571 g/mol. The Morgan fingerprint density at radius 2 is 1.79 bits per heavy atom. The molecule has 2 unspecified atom stereocenters. The van der Waals surface area contributed by atoms with Crippen LogP contribution in [0.5, 0.6) is 11.5 Å². The number of rotatable bonds is 15. The average molecular weight is 609 g/mol. The molecule has 0 aromatic heterocycles. The molecule has 14 heteroatoms. The number of allylic oxidation sites excluding steroid dienone is 1. The van der Waals surface area contributed by atoms with E-state index in [2.05, 4.69) is 17.0 Å². The van der Waals surface area contributed by atoms with E-state index in [1.165, 1.54) is 44.4 Å². The second kappa shape index (κ2) is 15.8. The van der Waals surface area contributed by atoms with Gasteiger partial charge in [0.1, 0.15) is 48.5 Å². The van der Waals surface area contributed by atoms with Crippen LogP contribution in [-0.4, -0.2) is 77.6 Å². The van der Waals surface area contributed by atoms with Crippen LogP contribution in [0.4, 0.5) is 0 Å². The van der Waals surface area contributed by atoms with Crippen LogP contribution in [0.3, 0.4) is 0 Å². The van der Waals surface area contributed by atoms with E-state index in [0.29, 0.717) is 12.2 Å². The number of benzene rings is 2. The van der Waals surface area contributed by atoms with E-state index in [-0.39, 0.29) is 18.8 Å². The number of ether oxygens (including phenoxy) is 3. The predicted octanol–water partition coefficient (Wildman–Crippen LogP) is 1.81. The Kier molecular flexibility index (Phi) is 12.5. The summed E-state index contributed by atoms with van der Waals surface area (Å²) in [5, 5.41) is 36.3. The standard InChI is InChI=1S/C28H37N2O11P/c1-4-5-11-23(32)29-24-26(25(33)22(16-31)39-28(24)35)41-42(36,40-21-14-12-20(37-3)13-15-21)30-18(2)27(34)38-17-19-9-7-6-8-10-19/h4,6-10,12-15,18,22,24-26,28,31,33,35H,1,5,11,16-17H2,2-3H3,(H,29,32)(H,30,36)/t18?,22-,24-,25-,26-,28+,42?/m1/s1. The molecule has 7 atom stereocenters. The van der Waals surface area contributed by atoms with Crippen LogP contribution in [0.25, 0.3) is 0 Å². The molecule has 0 saturated carbocycles. The largest absolute Gasteiger partial charge is 0.497 e. The first-order valence-electron chi connectivity index (χ1n) is 13.2. The second-order valence-corrected chi connectivity index (χ2v) is 11.1. The monoisotopic (exact) mass is 608 g/mol. The summed E-state index contributed by atoms with van der Waals surface area (Å²) in [6.07, 6.45) is -4.56. The number of aliphatic hydroxyl groups is 3. The third-order valence-electron chi connectivity index (χ3n) is 6.25. The van der Waals surface area contributed by atoms with Crippen molar-refractivity contribution in [2.45, 2.75) is 63.1 Å². The Bertz CT molecular complexity index is 1210. The fourth-order valence-electron chi connectivity index (χ4n) is 4.01. The van der Waals surface area contributed by atoms with Crippen molar-refractivity contribution in [1.29, 1.82) is 0 Å². The van der Waals surface area contributed by atoms with Gasteiger partial charge in [0.15, 0.2) is 6.29 Å². The van der Waals surface area contributed by atoms with Gasteiger partial charge in [-0.15, -0.1) is 6.58 Å². The van der Waals surface area contributed by atoms with Gasteiger partial charge in [0.25, 0.3) is 0 Å². The fraction of sp³-hybridized carbons (Fsp3) is 0.429. The second-order valence-electron chi connectivity index (χ2n) is 9.44. The predicted molar refractivity (Wildman–Crippen MR) is 150 cm³/mol. The molecule has 5 N–H and O–H groups in total. The Morgan fingerprint density at radius 3 is 2.40 bits per heavy atom. The molecule has 2 aromatic rings. The van der Waals surface area contributed by atoms with E-state index >= 15 is 0 Å². The zero-order valence-corrected chi connectivity index (χ0v) is 24.2. The smallest absolute Gasteiger partial charge is 0.459 e. The number of esters is 1. The average Bonchev–Trinajstić information content (AvgIpc) is 2.99. The van der Waals surface area contributed by atoms with Crippen molar-refractivity contribution in [1.82, 2.24) is 10.4 Å².